The largest absolute Gasteiger partial charge is 0.361 e. The first-order valence-electron chi connectivity index (χ1n) is 4.33. The van der Waals surface area contributed by atoms with Crippen LogP contribution in [0.4, 0.5) is 0 Å². The van der Waals surface area contributed by atoms with Crippen molar-refractivity contribution in [1.29, 1.82) is 0 Å². The van der Waals surface area contributed by atoms with Crippen LogP contribution in [0.25, 0.3) is 5.53 Å². The lowest BCUT2D eigenvalue weighted by Crippen LogP contribution is -2.06. The van der Waals surface area contributed by atoms with E-state index in [1.165, 1.54) is 0 Å². The van der Waals surface area contributed by atoms with Crippen LogP contribution in [-0.2, 0) is 9.59 Å². The molecule has 0 fully saturated rings. The molecule has 0 unspecified atom stereocenters. The normalized spacial score (nSPS) is 13.3. The smallest absolute Gasteiger partial charge is 0.323 e. The summed E-state index contributed by atoms with van der Waals surface area (Å²) in [6.07, 6.45) is 7.22. The zero-order chi connectivity index (χ0) is 10.4. The molecule has 0 N–H and O–H groups in total. The molecule has 1 aliphatic rings. The highest BCUT2D eigenvalue weighted by atomic mass is 16.1. The molecule has 0 bridgehead atoms. The first-order valence-corrected chi connectivity index (χ1v) is 4.33. The Bertz CT molecular complexity index is 360. The van der Waals surface area contributed by atoms with E-state index in [2.05, 4.69) is 4.79 Å². The summed E-state index contributed by atoms with van der Waals surface area (Å²) in [5.41, 5.74) is 8.79. The van der Waals surface area contributed by atoms with E-state index < -0.39 is 0 Å². The van der Waals surface area contributed by atoms with Gasteiger partial charge in [0, 0.05) is 12.8 Å². The molecule has 0 spiro atoms. The topological polar surface area (TPSA) is 70.5 Å². The van der Waals surface area contributed by atoms with Crippen LogP contribution in [0, 0.1) is 0 Å². The molecule has 0 aromatic heterocycles. The molecule has 0 heterocycles. The van der Waals surface area contributed by atoms with Gasteiger partial charge in [-0.25, -0.2) is 0 Å². The maximum Gasteiger partial charge on any atom is 0.323 e. The Kier molecular flexibility index (Phi) is 3.70. The molecule has 0 amide bonds. The summed E-state index contributed by atoms with van der Waals surface area (Å²) in [5.74, 6) is -0.359. The summed E-state index contributed by atoms with van der Waals surface area (Å²) in [7, 11) is 0. The number of hydrogen-bond donors (Lipinski definition) is 0. The minimum absolute atomic E-state index is 0.0188. The molecule has 0 aromatic rings. The third-order valence-corrected chi connectivity index (χ3v) is 1.93. The lowest BCUT2D eigenvalue weighted by molar-refractivity contribution is -0.120. The van der Waals surface area contributed by atoms with Crippen molar-refractivity contribution >= 4 is 17.8 Å². The van der Waals surface area contributed by atoms with Crippen molar-refractivity contribution in [2.75, 3.05) is 0 Å². The number of nitrogens with zero attached hydrogens (tertiary/aromatic N) is 2. The monoisotopic (exact) mass is 190 g/mol. The SMILES string of the molecule is [N-]=[N+]=CC(=O)CCC(=O)C1=CC=CC1. The maximum atomic E-state index is 11.4. The highest BCUT2D eigenvalue weighted by molar-refractivity contribution is 6.25. The Morgan fingerprint density at radius 3 is 2.86 bits per heavy atom. The molecule has 4 heteroatoms. The predicted molar refractivity (Wildman–Crippen MR) is 50.8 cm³/mol. The van der Waals surface area contributed by atoms with Gasteiger partial charge in [-0.2, -0.15) is 4.79 Å². The Hall–Kier alpha value is -1.80. The van der Waals surface area contributed by atoms with Gasteiger partial charge in [0.15, 0.2) is 5.78 Å². The number of ketones is 2. The maximum absolute atomic E-state index is 11.4. The zero-order valence-corrected chi connectivity index (χ0v) is 7.64. The average molecular weight is 190 g/mol. The first kappa shape index (κ1) is 10.3. The number of rotatable bonds is 5. The highest BCUT2D eigenvalue weighted by Gasteiger charge is 2.12. The standard InChI is InChI=1S/C10H10N2O2/c11-12-7-9(13)5-6-10(14)8-3-1-2-4-8/h1-3,7H,4-6H2. The van der Waals surface area contributed by atoms with Crippen LogP contribution in [0.3, 0.4) is 0 Å². The minimum Gasteiger partial charge on any atom is -0.361 e. The second kappa shape index (κ2) is 5.04. The van der Waals surface area contributed by atoms with Gasteiger partial charge in [-0.05, 0) is 12.0 Å². The summed E-state index contributed by atoms with van der Waals surface area (Å²) >= 11 is 0. The van der Waals surface area contributed by atoms with Gasteiger partial charge < -0.3 is 5.53 Å². The zero-order valence-electron chi connectivity index (χ0n) is 7.64. The fourth-order valence-corrected chi connectivity index (χ4v) is 1.18. The molecular weight excluding hydrogens is 180 g/mol. The minimum atomic E-state index is -0.340. The number of carbonyl (C=O) groups excluding carboxylic acids is 2. The van der Waals surface area contributed by atoms with Crippen molar-refractivity contribution < 1.29 is 14.4 Å². The quantitative estimate of drug-likeness (QED) is 0.370. The van der Waals surface area contributed by atoms with Gasteiger partial charge in [0.25, 0.3) is 0 Å². The van der Waals surface area contributed by atoms with Gasteiger partial charge in [-0.3, -0.25) is 9.59 Å². The van der Waals surface area contributed by atoms with Crippen molar-refractivity contribution in [3.05, 3.63) is 29.3 Å². The van der Waals surface area contributed by atoms with Crippen molar-refractivity contribution in [2.45, 2.75) is 19.3 Å². The summed E-state index contributed by atoms with van der Waals surface area (Å²) in [5, 5.41) is 0. The molecular formula is C10H10N2O2. The fourth-order valence-electron chi connectivity index (χ4n) is 1.18. The predicted octanol–water partition coefficient (Wildman–Crippen LogP) is 1.09. The van der Waals surface area contributed by atoms with Crippen LogP contribution in [0.1, 0.15) is 19.3 Å². The summed E-state index contributed by atoms with van der Waals surface area (Å²) < 4.78 is 0. The molecule has 0 atom stereocenters. The van der Waals surface area contributed by atoms with Crippen molar-refractivity contribution in [3.63, 3.8) is 0 Å². The van der Waals surface area contributed by atoms with Gasteiger partial charge in [0.05, 0.1) is 0 Å². The van der Waals surface area contributed by atoms with Crippen molar-refractivity contribution in [3.8, 4) is 0 Å². The number of carbonyl (C=O) groups is 2. The third kappa shape index (κ3) is 2.92. The summed E-state index contributed by atoms with van der Waals surface area (Å²) in [6, 6.07) is 0. The van der Waals surface area contributed by atoms with Gasteiger partial charge in [0.2, 0.25) is 5.78 Å². The van der Waals surface area contributed by atoms with Crippen LogP contribution in [0.15, 0.2) is 23.8 Å². The van der Waals surface area contributed by atoms with E-state index >= 15 is 0 Å². The second-order valence-electron chi connectivity index (χ2n) is 2.96. The Morgan fingerprint density at radius 1 is 1.50 bits per heavy atom. The van der Waals surface area contributed by atoms with E-state index in [-0.39, 0.29) is 24.4 Å². The Balaban J connectivity index is 2.35. The van der Waals surface area contributed by atoms with Crippen LogP contribution in [0.5, 0.6) is 0 Å². The van der Waals surface area contributed by atoms with Gasteiger partial charge >= 0.3 is 6.21 Å². The number of hydrogen-bond acceptors (Lipinski definition) is 2. The van der Waals surface area contributed by atoms with E-state index in [1.54, 1.807) is 6.08 Å². The van der Waals surface area contributed by atoms with E-state index in [4.69, 9.17) is 5.53 Å². The lowest BCUT2D eigenvalue weighted by atomic mass is 10.1. The number of allylic oxidation sites excluding steroid dienone is 4. The van der Waals surface area contributed by atoms with Gasteiger partial charge in [-0.1, -0.05) is 18.2 Å². The molecule has 0 radical (unpaired) electrons. The fraction of sp³-hybridized carbons (Fsp3) is 0.300. The van der Waals surface area contributed by atoms with E-state index in [0.29, 0.717) is 6.42 Å². The molecule has 0 saturated heterocycles. The van der Waals surface area contributed by atoms with Crippen LogP contribution >= 0.6 is 0 Å². The van der Waals surface area contributed by atoms with Crippen LogP contribution in [-0.4, -0.2) is 22.6 Å². The number of Topliss-reactive ketones (excluding diaryl/α,β-unsaturated/α-hetero) is 2. The molecule has 4 nitrogen and oxygen atoms in total. The molecule has 72 valence electrons. The summed E-state index contributed by atoms with van der Waals surface area (Å²) in [4.78, 5) is 24.9. The van der Waals surface area contributed by atoms with E-state index in [1.807, 2.05) is 12.2 Å². The van der Waals surface area contributed by atoms with E-state index in [0.717, 1.165) is 11.8 Å². The molecule has 0 aromatic carbocycles. The second-order valence-corrected chi connectivity index (χ2v) is 2.96. The van der Waals surface area contributed by atoms with Crippen molar-refractivity contribution in [2.24, 2.45) is 0 Å². The van der Waals surface area contributed by atoms with Crippen LogP contribution in [0.2, 0.25) is 0 Å². The molecule has 1 rings (SSSR count). The van der Waals surface area contributed by atoms with Gasteiger partial charge in [-0.15, -0.1) is 0 Å². The van der Waals surface area contributed by atoms with Crippen LogP contribution < -0.4 is 0 Å². The molecule has 1 aliphatic carbocycles. The highest BCUT2D eigenvalue weighted by Crippen LogP contribution is 2.13. The Labute approximate surface area is 81.5 Å². The van der Waals surface area contributed by atoms with Crippen molar-refractivity contribution in [1.82, 2.24) is 0 Å². The van der Waals surface area contributed by atoms with E-state index in [9.17, 15) is 9.59 Å². The Morgan fingerprint density at radius 2 is 2.29 bits per heavy atom. The molecule has 0 aliphatic heterocycles. The first-order chi connectivity index (χ1) is 6.74. The average Bonchev–Trinajstić information content (AvgIpc) is 2.67. The lowest BCUT2D eigenvalue weighted by Gasteiger charge is -1.97. The third-order valence-electron chi connectivity index (χ3n) is 1.93. The molecule has 14 heavy (non-hydrogen) atoms. The molecule has 0 saturated carbocycles. The summed E-state index contributed by atoms with van der Waals surface area (Å²) in [6.45, 7) is 0. The van der Waals surface area contributed by atoms with Gasteiger partial charge in [0.1, 0.15) is 0 Å².